The highest BCUT2D eigenvalue weighted by Crippen LogP contribution is 2.69. The van der Waals surface area contributed by atoms with Crippen LogP contribution in [0.2, 0.25) is 0 Å². The van der Waals surface area contributed by atoms with E-state index in [2.05, 4.69) is 4.98 Å². The molecule has 0 spiro atoms. The van der Waals surface area contributed by atoms with Crippen molar-refractivity contribution in [3.8, 4) is 11.5 Å². The van der Waals surface area contributed by atoms with Crippen molar-refractivity contribution in [1.82, 2.24) is 4.98 Å². The lowest BCUT2D eigenvalue weighted by Crippen LogP contribution is -2.42. The molecule has 212 valence electrons. The Kier molecular flexibility index (Phi) is 6.46. The van der Waals surface area contributed by atoms with Gasteiger partial charge in [0.05, 0.1) is 36.3 Å². The van der Waals surface area contributed by atoms with Crippen LogP contribution in [0.1, 0.15) is 29.7 Å². The number of thiazole rings is 1. The standard InChI is InChI=1S/C30H28N2O7S2/c1-3-38-20(33)13-39-19-7-5-4-6-16(19)21-22-17-12-18(25(22)40-27-26(21)41-30(36)31-27)24-23(17)28(34)32(29(24)35)14-8-10-15(37-2)11-9-14/h4-11,17-18,21-25H,3,12-13H2,1-2H3,(H,31,36)/t17-,18-,21+,22-,23+,24+,25-/m1/s1. The van der Waals surface area contributed by atoms with Gasteiger partial charge in [0.25, 0.3) is 0 Å². The average Bonchev–Trinajstić information content (AvgIpc) is 3.71. The number of imide groups is 1. The maximum Gasteiger partial charge on any atom is 0.344 e. The minimum atomic E-state index is -0.456. The van der Waals surface area contributed by atoms with E-state index in [0.29, 0.717) is 17.2 Å². The normalized spacial score (nSPS) is 29.2. The Morgan fingerprint density at radius 1 is 1.02 bits per heavy atom. The Morgan fingerprint density at radius 3 is 2.49 bits per heavy atom. The number of nitrogens with zero attached hydrogens (tertiary/aromatic N) is 1. The Balaban J connectivity index is 1.27. The molecule has 1 N–H and O–H groups in total. The molecule has 2 bridgehead atoms. The van der Waals surface area contributed by atoms with Crippen LogP contribution >= 0.6 is 23.1 Å². The van der Waals surface area contributed by atoms with Gasteiger partial charge in [0.15, 0.2) is 6.61 Å². The van der Waals surface area contributed by atoms with Gasteiger partial charge in [0, 0.05) is 21.6 Å². The Labute approximate surface area is 244 Å². The second-order valence-electron chi connectivity index (χ2n) is 10.8. The van der Waals surface area contributed by atoms with E-state index in [0.717, 1.165) is 21.9 Å². The summed E-state index contributed by atoms with van der Waals surface area (Å²) < 4.78 is 16.3. The molecule has 9 nitrogen and oxygen atoms in total. The van der Waals surface area contributed by atoms with E-state index in [1.54, 1.807) is 50.1 Å². The third-order valence-corrected chi connectivity index (χ3v) is 11.5. The predicted molar refractivity (Wildman–Crippen MR) is 153 cm³/mol. The summed E-state index contributed by atoms with van der Waals surface area (Å²) in [6, 6.07) is 14.6. The van der Waals surface area contributed by atoms with Gasteiger partial charge in [-0.1, -0.05) is 29.5 Å². The van der Waals surface area contributed by atoms with E-state index in [9.17, 15) is 19.2 Å². The summed E-state index contributed by atoms with van der Waals surface area (Å²) in [6.45, 7) is 1.78. The van der Waals surface area contributed by atoms with Crippen LogP contribution in [0.25, 0.3) is 0 Å². The van der Waals surface area contributed by atoms with Crippen molar-refractivity contribution in [2.24, 2.45) is 29.6 Å². The highest BCUT2D eigenvalue weighted by molar-refractivity contribution is 8.00. The van der Waals surface area contributed by atoms with Gasteiger partial charge in [0.1, 0.15) is 11.5 Å². The topological polar surface area (TPSA) is 115 Å². The lowest BCUT2D eigenvalue weighted by Gasteiger charge is -2.43. The van der Waals surface area contributed by atoms with Gasteiger partial charge < -0.3 is 19.2 Å². The van der Waals surface area contributed by atoms with Gasteiger partial charge in [-0.2, -0.15) is 0 Å². The fourth-order valence-corrected chi connectivity index (χ4v) is 10.4. The van der Waals surface area contributed by atoms with Gasteiger partial charge in [-0.15, -0.1) is 11.8 Å². The van der Waals surface area contributed by atoms with E-state index >= 15 is 0 Å². The van der Waals surface area contributed by atoms with Crippen molar-refractivity contribution < 1.29 is 28.6 Å². The molecule has 11 heteroatoms. The van der Waals surface area contributed by atoms with Crippen LogP contribution in [-0.2, 0) is 19.1 Å². The lowest BCUT2D eigenvalue weighted by molar-refractivity contribution is -0.145. The zero-order chi connectivity index (χ0) is 28.4. The minimum Gasteiger partial charge on any atom is -0.497 e. The van der Waals surface area contributed by atoms with Crippen molar-refractivity contribution in [2.45, 2.75) is 29.5 Å². The molecule has 2 aliphatic carbocycles. The van der Waals surface area contributed by atoms with Crippen molar-refractivity contribution in [3.63, 3.8) is 0 Å². The summed E-state index contributed by atoms with van der Waals surface area (Å²) in [5.74, 6) is -0.563. The van der Waals surface area contributed by atoms with Crippen LogP contribution in [0.5, 0.6) is 11.5 Å². The summed E-state index contributed by atoms with van der Waals surface area (Å²) >= 11 is 2.82. The number of anilines is 1. The maximum absolute atomic E-state index is 14.0. The summed E-state index contributed by atoms with van der Waals surface area (Å²) in [6.07, 6.45) is 0.785. The third-order valence-electron chi connectivity index (χ3n) is 8.96. The lowest BCUT2D eigenvalue weighted by atomic mass is 9.68. The number of amides is 2. The quantitative estimate of drug-likeness (QED) is 0.323. The molecule has 41 heavy (non-hydrogen) atoms. The van der Waals surface area contributed by atoms with Crippen molar-refractivity contribution in [3.05, 3.63) is 68.6 Å². The molecule has 0 unspecified atom stereocenters. The Hall–Kier alpha value is -3.57. The number of carbonyl (C=O) groups excluding carboxylic acids is 3. The number of carbonyl (C=O) groups is 3. The van der Waals surface area contributed by atoms with Crippen LogP contribution in [0.3, 0.4) is 0 Å². The number of para-hydroxylation sites is 1. The molecule has 3 aromatic rings. The molecule has 2 saturated carbocycles. The molecular weight excluding hydrogens is 564 g/mol. The Morgan fingerprint density at radius 2 is 1.76 bits per heavy atom. The monoisotopic (exact) mass is 592 g/mol. The number of thioether (sulfide) groups is 1. The van der Waals surface area contributed by atoms with Crippen LogP contribution in [0.15, 0.2) is 58.4 Å². The average molecular weight is 593 g/mol. The zero-order valence-corrected chi connectivity index (χ0v) is 24.0. The SMILES string of the molecule is CCOC(=O)COc1ccccc1[C@@H]1c2sc(=O)[nH]c2S[C@@H]2[C@@H]3C[C@@H]([C@@H]4C(=O)N(c5ccc(OC)cc5)C(=O)[C@@H]34)[C@H]12. The number of aromatic nitrogens is 1. The molecule has 3 heterocycles. The maximum atomic E-state index is 14.0. The van der Waals surface area contributed by atoms with E-state index in [-0.39, 0.29) is 64.7 Å². The molecule has 3 fully saturated rings. The first-order valence-corrected chi connectivity index (χ1v) is 15.4. The summed E-state index contributed by atoms with van der Waals surface area (Å²) in [5, 5.41) is 0.869. The Bertz CT molecular complexity index is 1600. The first-order valence-electron chi connectivity index (χ1n) is 13.7. The number of H-pyrrole nitrogens is 1. The minimum absolute atomic E-state index is 0.00589. The number of rotatable bonds is 7. The van der Waals surface area contributed by atoms with Crippen LogP contribution < -0.4 is 19.2 Å². The van der Waals surface area contributed by atoms with Crippen LogP contribution in [0.4, 0.5) is 5.69 Å². The predicted octanol–water partition coefficient (Wildman–Crippen LogP) is 4.06. The molecule has 1 aromatic heterocycles. The number of hydrogen-bond donors (Lipinski definition) is 1. The summed E-state index contributed by atoms with van der Waals surface area (Å²) in [7, 11) is 1.57. The van der Waals surface area contributed by atoms with E-state index in [4.69, 9.17) is 14.2 Å². The molecule has 2 aliphatic heterocycles. The highest BCUT2D eigenvalue weighted by Gasteiger charge is 2.69. The summed E-state index contributed by atoms with van der Waals surface area (Å²) in [5.41, 5.74) is 1.43. The van der Waals surface area contributed by atoms with Gasteiger partial charge >= 0.3 is 10.8 Å². The van der Waals surface area contributed by atoms with Crippen molar-refractivity contribution >= 4 is 46.6 Å². The van der Waals surface area contributed by atoms with Crippen molar-refractivity contribution in [2.75, 3.05) is 25.2 Å². The second kappa shape index (κ2) is 10.1. The fraction of sp³-hybridized carbons (Fsp3) is 0.400. The molecule has 4 aliphatic rings. The molecule has 7 atom stereocenters. The number of ether oxygens (including phenoxy) is 3. The molecule has 7 rings (SSSR count). The van der Waals surface area contributed by atoms with Gasteiger partial charge in [-0.05, 0) is 61.4 Å². The molecule has 0 radical (unpaired) electrons. The third kappa shape index (κ3) is 4.04. The number of fused-ring (bicyclic) bond motifs is 9. The van der Waals surface area contributed by atoms with Crippen LogP contribution in [-0.4, -0.2) is 48.3 Å². The number of hydrogen-bond acceptors (Lipinski definition) is 9. The fourth-order valence-electron chi connectivity index (χ4n) is 7.56. The van der Waals surface area contributed by atoms with Crippen molar-refractivity contribution in [1.29, 1.82) is 0 Å². The molecule has 1 saturated heterocycles. The largest absolute Gasteiger partial charge is 0.497 e. The zero-order valence-electron chi connectivity index (χ0n) is 22.4. The first-order chi connectivity index (χ1) is 19.9. The van der Waals surface area contributed by atoms with Gasteiger partial charge in [0.2, 0.25) is 11.8 Å². The number of aromatic amines is 1. The first kappa shape index (κ1) is 26.3. The van der Waals surface area contributed by atoms with E-state index < -0.39 is 11.9 Å². The van der Waals surface area contributed by atoms with Crippen LogP contribution in [0, 0.1) is 29.6 Å². The van der Waals surface area contributed by atoms with E-state index in [1.807, 2.05) is 24.3 Å². The molecule has 2 amide bonds. The second-order valence-corrected chi connectivity index (χ2v) is 13.0. The summed E-state index contributed by atoms with van der Waals surface area (Å²) in [4.78, 5) is 57.6. The number of methoxy groups -OCH3 is 1. The number of esters is 1. The molecular formula is C30H28N2O7S2. The molecule has 2 aromatic carbocycles. The highest BCUT2D eigenvalue weighted by atomic mass is 32.2. The van der Waals surface area contributed by atoms with Gasteiger partial charge in [-0.25, -0.2) is 4.79 Å². The number of nitrogens with one attached hydrogen (secondary N) is 1. The van der Waals surface area contributed by atoms with E-state index in [1.165, 1.54) is 16.2 Å². The van der Waals surface area contributed by atoms with Gasteiger partial charge in [-0.3, -0.25) is 19.3 Å². The number of benzene rings is 2. The smallest absolute Gasteiger partial charge is 0.344 e.